The van der Waals surface area contributed by atoms with Crippen molar-refractivity contribution in [2.24, 2.45) is 0 Å². The standard InChI is InChI=1S/C18H18N2O4S2/c1-3-6-12-7-4-5-8-15(12)19-16(21)14-11-13-9-10-25-18(13)20(17(14)22)26(2,23)24/h4-5,7-11H,3,6H2,1-2H3,(H,19,21). The van der Waals surface area contributed by atoms with Gasteiger partial charge in [-0.1, -0.05) is 31.5 Å². The Kier molecular flexibility index (Phi) is 4.97. The molecule has 0 saturated heterocycles. The van der Waals surface area contributed by atoms with Gasteiger partial charge in [-0.3, -0.25) is 9.59 Å². The molecule has 136 valence electrons. The van der Waals surface area contributed by atoms with Crippen LogP contribution in [0.15, 0.2) is 46.6 Å². The largest absolute Gasteiger partial charge is 0.322 e. The van der Waals surface area contributed by atoms with Crippen LogP contribution in [0.4, 0.5) is 5.69 Å². The summed E-state index contributed by atoms with van der Waals surface area (Å²) in [4.78, 5) is 25.7. The highest BCUT2D eigenvalue weighted by molar-refractivity contribution is 7.89. The van der Waals surface area contributed by atoms with E-state index in [0.29, 0.717) is 19.9 Å². The summed E-state index contributed by atoms with van der Waals surface area (Å²) < 4.78 is 24.8. The number of hydrogen-bond donors (Lipinski definition) is 1. The summed E-state index contributed by atoms with van der Waals surface area (Å²) in [5.41, 5.74) is 0.541. The summed E-state index contributed by atoms with van der Waals surface area (Å²) in [6.07, 6.45) is 2.65. The van der Waals surface area contributed by atoms with E-state index in [4.69, 9.17) is 0 Å². The fraction of sp³-hybridized carbons (Fsp3) is 0.222. The van der Waals surface area contributed by atoms with E-state index in [0.717, 1.165) is 36.0 Å². The second-order valence-electron chi connectivity index (χ2n) is 5.93. The van der Waals surface area contributed by atoms with Gasteiger partial charge < -0.3 is 5.32 Å². The molecule has 0 spiro atoms. The van der Waals surface area contributed by atoms with Crippen molar-refractivity contribution in [1.29, 1.82) is 0 Å². The molecule has 3 rings (SSSR count). The Morgan fingerprint density at radius 2 is 1.96 bits per heavy atom. The molecule has 0 aliphatic carbocycles. The molecule has 6 nitrogen and oxygen atoms in total. The van der Waals surface area contributed by atoms with E-state index in [9.17, 15) is 18.0 Å². The van der Waals surface area contributed by atoms with Gasteiger partial charge in [0, 0.05) is 11.1 Å². The van der Waals surface area contributed by atoms with Crippen LogP contribution in [0.3, 0.4) is 0 Å². The highest BCUT2D eigenvalue weighted by atomic mass is 32.2. The Morgan fingerprint density at radius 1 is 1.23 bits per heavy atom. The first-order valence-electron chi connectivity index (χ1n) is 8.06. The Morgan fingerprint density at radius 3 is 2.65 bits per heavy atom. The average Bonchev–Trinajstić information content (AvgIpc) is 3.02. The van der Waals surface area contributed by atoms with Crippen LogP contribution in [0.25, 0.3) is 10.2 Å². The lowest BCUT2D eigenvalue weighted by Crippen LogP contribution is -2.32. The second-order valence-corrected chi connectivity index (χ2v) is 8.66. The van der Waals surface area contributed by atoms with Crippen molar-refractivity contribution >= 4 is 43.2 Å². The maximum atomic E-state index is 12.7. The van der Waals surface area contributed by atoms with Crippen molar-refractivity contribution in [2.45, 2.75) is 19.8 Å². The molecule has 1 N–H and O–H groups in total. The minimum Gasteiger partial charge on any atom is -0.322 e. The zero-order valence-corrected chi connectivity index (χ0v) is 16.0. The maximum Gasteiger partial charge on any atom is 0.278 e. The van der Waals surface area contributed by atoms with E-state index >= 15 is 0 Å². The smallest absolute Gasteiger partial charge is 0.278 e. The Hall–Kier alpha value is -2.45. The van der Waals surface area contributed by atoms with E-state index < -0.39 is 21.5 Å². The van der Waals surface area contributed by atoms with Crippen molar-refractivity contribution in [1.82, 2.24) is 3.97 Å². The van der Waals surface area contributed by atoms with Crippen LogP contribution >= 0.6 is 11.3 Å². The first-order valence-corrected chi connectivity index (χ1v) is 10.8. The highest BCUT2D eigenvalue weighted by Crippen LogP contribution is 2.22. The zero-order valence-electron chi connectivity index (χ0n) is 14.4. The van der Waals surface area contributed by atoms with Gasteiger partial charge in [-0.2, -0.15) is 3.97 Å². The number of rotatable bonds is 5. The predicted molar refractivity (Wildman–Crippen MR) is 105 cm³/mol. The maximum absolute atomic E-state index is 12.7. The first kappa shape index (κ1) is 18.3. The van der Waals surface area contributed by atoms with Crippen molar-refractivity contribution in [3.8, 4) is 0 Å². The number of carbonyl (C=O) groups is 1. The quantitative estimate of drug-likeness (QED) is 0.725. The number of nitrogens with one attached hydrogen (secondary N) is 1. The molecule has 0 aliphatic heterocycles. The molecule has 0 unspecified atom stereocenters. The Labute approximate surface area is 155 Å². The number of thiophene rings is 1. The van der Waals surface area contributed by atoms with E-state index in [1.165, 1.54) is 6.07 Å². The van der Waals surface area contributed by atoms with Crippen molar-refractivity contribution in [3.63, 3.8) is 0 Å². The van der Waals surface area contributed by atoms with E-state index in [-0.39, 0.29) is 5.56 Å². The monoisotopic (exact) mass is 390 g/mol. The molecule has 0 aliphatic rings. The number of amides is 1. The van der Waals surface area contributed by atoms with Crippen molar-refractivity contribution < 1.29 is 13.2 Å². The van der Waals surface area contributed by atoms with Crippen LogP contribution in [0.1, 0.15) is 29.3 Å². The first-order chi connectivity index (χ1) is 12.3. The molecule has 2 heterocycles. The van der Waals surface area contributed by atoms with Gasteiger partial charge in [-0.25, -0.2) is 8.42 Å². The van der Waals surface area contributed by atoms with Crippen molar-refractivity contribution in [2.75, 3.05) is 11.6 Å². The third-order valence-corrected chi connectivity index (χ3v) is 5.98. The zero-order chi connectivity index (χ0) is 18.9. The lowest BCUT2D eigenvalue weighted by Gasteiger charge is -2.12. The van der Waals surface area contributed by atoms with Gasteiger partial charge in [0.15, 0.2) is 0 Å². The molecular weight excluding hydrogens is 372 g/mol. The van der Waals surface area contributed by atoms with Crippen LogP contribution in [0.2, 0.25) is 0 Å². The van der Waals surface area contributed by atoms with Crippen LogP contribution < -0.4 is 10.9 Å². The van der Waals surface area contributed by atoms with Crippen molar-refractivity contribution in [3.05, 3.63) is 63.3 Å². The molecular formula is C18H18N2O4S2. The van der Waals surface area contributed by atoms with Crippen LogP contribution in [-0.4, -0.2) is 24.6 Å². The summed E-state index contributed by atoms with van der Waals surface area (Å²) in [5, 5.41) is 4.96. The predicted octanol–water partition coefficient (Wildman–Crippen LogP) is 3.08. The fourth-order valence-electron chi connectivity index (χ4n) is 2.79. The normalized spacial score (nSPS) is 11.6. The minimum absolute atomic E-state index is 0.201. The number of fused-ring (bicyclic) bond motifs is 1. The van der Waals surface area contributed by atoms with Crippen LogP contribution in [0, 0.1) is 0 Å². The lowest BCUT2D eigenvalue weighted by molar-refractivity contribution is 0.102. The molecule has 3 aromatic rings. The number of aromatic nitrogens is 1. The van der Waals surface area contributed by atoms with E-state index in [2.05, 4.69) is 5.32 Å². The number of benzene rings is 1. The molecule has 1 aromatic carbocycles. The third-order valence-electron chi connectivity index (χ3n) is 3.93. The molecule has 0 atom stereocenters. The SMILES string of the molecule is CCCc1ccccc1NC(=O)c1cc2ccsc2n(S(C)(=O)=O)c1=O. The number of nitrogens with zero attached hydrogens (tertiary/aromatic N) is 1. The molecule has 0 radical (unpaired) electrons. The van der Waals surface area contributed by atoms with Gasteiger partial charge in [0.1, 0.15) is 10.4 Å². The van der Waals surface area contributed by atoms with Crippen LogP contribution in [0.5, 0.6) is 0 Å². The minimum atomic E-state index is -3.84. The molecule has 0 bridgehead atoms. The molecule has 2 aromatic heterocycles. The number of hydrogen-bond acceptors (Lipinski definition) is 5. The number of pyridine rings is 1. The fourth-order valence-corrected chi connectivity index (χ4v) is 4.91. The highest BCUT2D eigenvalue weighted by Gasteiger charge is 2.21. The number of para-hydroxylation sites is 1. The molecule has 1 amide bonds. The topological polar surface area (TPSA) is 85.2 Å². The number of anilines is 1. The molecule has 0 fully saturated rings. The number of aryl methyl sites for hydroxylation is 1. The van der Waals surface area contributed by atoms with Crippen LogP contribution in [-0.2, 0) is 16.4 Å². The average molecular weight is 390 g/mol. The van der Waals surface area contributed by atoms with E-state index in [1.807, 2.05) is 19.1 Å². The van der Waals surface area contributed by atoms with Gasteiger partial charge in [-0.15, -0.1) is 11.3 Å². The van der Waals surface area contributed by atoms with Gasteiger partial charge in [-0.05, 0) is 35.6 Å². The number of carbonyl (C=O) groups excluding carboxylic acids is 1. The summed E-state index contributed by atoms with van der Waals surface area (Å²) in [6, 6.07) is 10.5. The molecule has 0 saturated carbocycles. The van der Waals surface area contributed by atoms with E-state index in [1.54, 1.807) is 23.6 Å². The van der Waals surface area contributed by atoms with Gasteiger partial charge in [0.05, 0.1) is 6.26 Å². The molecule has 26 heavy (non-hydrogen) atoms. The lowest BCUT2D eigenvalue weighted by atomic mass is 10.1. The van der Waals surface area contributed by atoms with Gasteiger partial charge in [0.25, 0.3) is 11.5 Å². The third kappa shape index (κ3) is 3.42. The summed E-state index contributed by atoms with van der Waals surface area (Å²) >= 11 is 1.14. The Balaban J connectivity index is 2.10. The second kappa shape index (κ2) is 7.05. The summed E-state index contributed by atoms with van der Waals surface area (Å²) in [7, 11) is -3.84. The summed E-state index contributed by atoms with van der Waals surface area (Å²) in [6.45, 7) is 2.04. The summed E-state index contributed by atoms with van der Waals surface area (Å²) in [5.74, 6) is -0.621. The Bertz CT molecular complexity index is 1140. The molecule has 8 heteroatoms. The van der Waals surface area contributed by atoms with Gasteiger partial charge >= 0.3 is 0 Å². The van der Waals surface area contributed by atoms with Gasteiger partial charge in [0.2, 0.25) is 10.0 Å².